The molecular weight excluding hydrogens is 174 g/mol. The Balaban J connectivity index is 2.52. The SMILES string of the molecule is CCN(C)c1ccc2c(c1)ncn2C. The Morgan fingerprint density at radius 2 is 2.21 bits per heavy atom. The van der Waals surface area contributed by atoms with E-state index >= 15 is 0 Å². The van der Waals surface area contributed by atoms with Crippen LogP contribution >= 0.6 is 0 Å². The highest BCUT2D eigenvalue weighted by atomic mass is 15.1. The number of aromatic nitrogens is 2. The maximum atomic E-state index is 4.33. The molecule has 0 atom stereocenters. The first-order valence-corrected chi connectivity index (χ1v) is 4.84. The third kappa shape index (κ3) is 1.35. The number of rotatable bonds is 2. The van der Waals surface area contributed by atoms with Gasteiger partial charge in [0.1, 0.15) is 0 Å². The lowest BCUT2D eigenvalue weighted by Gasteiger charge is -2.16. The van der Waals surface area contributed by atoms with Crippen molar-refractivity contribution in [1.29, 1.82) is 0 Å². The number of imidazole rings is 1. The second-order valence-corrected chi connectivity index (χ2v) is 3.54. The summed E-state index contributed by atoms with van der Waals surface area (Å²) in [6, 6.07) is 6.37. The molecule has 14 heavy (non-hydrogen) atoms. The van der Waals surface area contributed by atoms with Crippen molar-refractivity contribution in [3.8, 4) is 0 Å². The highest BCUT2D eigenvalue weighted by Crippen LogP contribution is 2.19. The molecule has 0 aliphatic carbocycles. The zero-order chi connectivity index (χ0) is 10.1. The molecule has 0 saturated heterocycles. The van der Waals surface area contributed by atoms with Crippen LogP contribution in [0.2, 0.25) is 0 Å². The van der Waals surface area contributed by atoms with Crippen LogP contribution in [0.5, 0.6) is 0 Å². The van der Waals surface area contributed by atoms with Crippen LogP contribution in [0.4, 0.5) is 5.69 Å². The van der Waals surface area contributed by atoms with E-state index in [1.807, 2.05) is 17.9 Å². The molecule has 0 saturated carbocycles. The van der Waals surface area contributed by atoms with Crippen LogP contribution in [-0.4, -0.2) is 23.1 Å². The van der Waals surface area contributed by atoms with Crippen LogP contribution in [0.1, 0.15) is 6.92 Å². The van der Waals surface area contributed by atoms with Crippen molar-refractivity contribution in [1.82, 2.24) is 9.55 Å². The van der Waals surface area contributed by atoms with E-state index in [9.17, 15) is 0 Å². The molecule has 0 unspecified atom stereocenters. The molecule has 0 aliphatic rings. The molecule has 0 amide bonds. The summed E-state index contributed by atoms with van der Waals surface area (Å²) in [6.07, 6.45) is 1.85. The van der Waals surface area contributed by atoms with Crippen LogP contribution in [0.25, 0.3) is 11.0 Å². The van der Waals surface area contributed by atoms with Gasteiger partial charge in [0.05, 0.1) is 17.4 Å². The van der Waals surface area contributed by atoms with Crippen LogP contribution < -0.4 is 4.90 Å². The summed E-state index contributed by atoms with van der Waals surface area (Å²) in [4.78, 5) is 6.53. The topological polar surface area (TPSA) is 21.1 Å². The van der Waals surface area contributed by atoms with E-state index in [0.717, 1.165) is 12.1 Å². The minimum Gasteiger partial charge on any atom is -0.375 e. The summed E-state index contributed by atoms with van der Waals surface area (Å²) in [5, 5.41) is 0. The first kappa shape index (κ1) is 9.06. The van der Waals surface area contributed by atoms with Gasteiger partial charge in [0.15, 0.2) is 0 Å². The molecule has 0 bridgehead atoms. The van der Waals surface area contributed by atoms with Gasteiger partial charge in [-0.15, -0.1) is 0 Å². The molecule has 0 radical (unpaired) electrons. The highest BCUT2D eigenvalue weighted by Gasteiger charge is 2.02. The molecule has 0 aliphatic heterocycles. The predicted octanol–water partition coefficient (Wildman–Crippen LogP) is 2.03. The summed E-state index contributed by atoms with van der Waals surface area (Å²) in [5.41, 5.74) is 3.46. The zero-order valence-electron chi connectivity index (χ0n) is 8.86. The lowest BCUT2D eigenvalue weighted by atomic mass is 10.2. The number of benzene rings is 1. The van der Waals surface area contributed by atoms with E-state index in [1.165, 1.54) is 11.2 Å². The fourth-order valence-corrected chi connectivity index (χ4v) is 1.54. The normalized spacial score (nSPS) is 10.8. The van der Waals surface area contributed by atoms with E-state index in [1.54, 1.807) is 0 Å². The number of hydrogen-bond donors (Lipinski definition) is 0. The van der Waals surface area contributed by atoms with Gasteiger partial charge in [-0.3, -0.25) is 0 Å². The molecule has 2 rings (SSSR count). The molecule has 0 N–H and O–H groups in total. The van der Waals surface area contributed by atoms with Gasteiger partial charge in [-0.2, -0.15) is 0 Å². The van der Waals surface area contributed by atoms with Gasteiger partial charge >= 0.3 is 0 Å². The summed E-state index contributed by atoms with van der Waals surface area (Å²) in [6.45, 7) is 3.15. The van der Waals surface area contributed by atoms with Crippen molar-refractivity contribution in [3.05, 3.63) is 24.5 Å². The Bertz CT molecular complexity index is 445. The summed E-state index contributed by atoms with van der Waals surface area (Å²) >= 11 is 0. The van der Waals surface area contributed by atoms with E-state index in [4.69, 9.17) is 0 Å². The average Bonchev–Trinajstić information content (AvgIpc) is 2.59. The summed E-state index contributed by atoms with van der Waals surface area (Å²) in [5.74, 6) is 0. The summed E-state index contributed by atoms with van der Waals surface area (Å²) < 4.78 is 2.03. The lowest BCUT2D eigenvalue weighted by molar-refractivity contribution is 0.947. The Morgan fingerprint density at radius 1 is 1.43 bits per heavy atom. The second kappa shape index (κ2) is 3.33. The predicted molar refractivity (Wildman–Crippen MR) is 59.7 cm³/mol. The van der Waals surface area contributed by atoms with E-state index in [-0.39, 0.29) is 0 Å². The summed E-state index contributed by atoms with van der Waals surface area (Å²) in [7, 11) is 4.10. The van der Waals surface area contributed by atoms with E-state index < -0.39 is 0 Å². The quantitative estimate of drug-likeness (QED) is 0.720. The standard InChI is InChI=1S/C11H15N3/c1-4-13(2)9-5-6-11-10(7-9)12-8-14(11)3/h5-8H,4H2,1-3H3. The van der Waals surface area contributed by atoms with Crippen molar-refractivity contribution in [2.75, 3.05) is 18.5 Å². The Labute approximate surface area is 84.0 Å². The van der Waals surface area contributed by atoms with Crippen molar-refractivity contribution < 1.29 is 0 Å². The first-order valence-electron chi connectivity index (χ1n) is 4.84. The van der Waals surface area contributed by atoms with Crippen LogP contribution in [-0.2, 0) is 7.05 Å². The highest BCUT2D eigenvalue weighted by molar-refractivity contribution is 5.79. The third-order valence-electron chi connectivity index (χ3n) is 2.62. The second-order valence-electron chi connectivity index (χ2n) is 3.54. The van der Waals surface area contributed by atoms with Crippen molar-refractivity contribution >= 4 is 16.7 Å². The molecule has 3 heteroatoms. The van der Waals surface area contributed by atoms with E-state index in [2.05, 4.69) is 42.1 Å². The number of hydrogen-bond acceptors (Lipinski definition) is 2. The Morgan fingerprint density at radius 3 is 2.93 bits per heavy atom. The lowest BCUT2D eigenvalue weighted by Crippen LogP contribution is -2.15. The number of aryl methyl sites for hydroxylation is 1. The number of nitrogens with zero attached hydrogens (tertiary/aromatic N) is 3. The first-order chi connectivity index (χ1) is 6.72. The van der Waals surface area contributed by atoms with Gasteiger partial charge in [0, 0.05) is 26.3 Å². The van der Waals surface area contributed by atoms with E-state index in [0.29, 0.717) is 0 Å². The fraction of sp³-hybridized carbons (Fsp3) is 0.364. The van der Waals surface area contributed by atoms with Gasteiger partial charge in [-0.1, -0.05) is 0 Å². The van der Waals surface area contributed by atoms with Crippen LogP contribution in [0.3, 0.4) is 0 Å². The molecule has 74 valence electrons. The molecule has 1 aromatic carbocycles. The largest absolute Gasteiger partial charge is 0.375 e. The molecular formula is C11H15N3. The monoisotopic (exact) mass is 189 g/mol. The van der Waals surface area contributed by atoms with Gasteiger partial charge in [0.2, 0.25) is 0 Å². The molecule has 2 aromatic rings. The van der Waals surface area contributed by atoms with Crippen molar-refractivity contribution in [2.45, 2.75) is 6.92 Å². The minimum absolute atomic E-state index is 1.01. The maximum Gasteiger partial charge on any atom is 0.0955 e. The fourth-order valence-electron chi connectivity index (χ4n) is 1.54. The number of fused-ring (bicyclic) bond motifs is 1. The smallest absolute Gasteiger partial charge is 0.0955 e. The molecule has 3 nitrogen and oxygen atoms in total. The van der Waals surface area contributed by atoms with Gasteiger partial charge in [-0.25, -0.2) is 4.98 Å². The molecule has 0 fully saturated rings. The molecule has 1 aromatic heterocycles. The van der Waals surface area contributed by atoms with Gasteiger partial charge < -0.3 is 9.47 Å². The van der Waals surface area contributed by atoms with Crippen molar-refractivity contribution in [2.24, 2.45) is 7.05 Å². The molecule has 0 spiro atoms. The van der Waals surface area contributed by atoms with Crippen LogP contribution in [0, 0.1) is 0 Å². The van der Waals surface area contributed by atoms with Gasteiger partial charge in [0.25, 0.3) is 0 Å². The average molecular weight is 189 g/mol. The Kier molecular flexibility index (Phi) is 2.15. The Hall–Kier alpha value is -1.51. The zero-order valence-corrected chi connectivity index (χ0v) is 8.86. The van der Waals surface area contributed by atoms with Gasteiger partial charge in [-0.05, 0) is 25.1 Å². The molecule has 1 heterocycles. The third-order valence-corrected chi connectivity index (χ3v) is 2.62. The van der Waals surface area contributed by atoms with Crippen LogP contribution in [0.15, 0.2) is 24.5 Å². The minimum atomic E-state index is 1.01. The van der Waals surface area contributed by atoms with Crippen molar-refractivity contribution in [3.63, 3.8) is 0 Å². The maximum absolute atomic E-state index is 4.33. The number of anilines is 1.